The number of aryl methyl sites for hydroxylation is 2. The minimum absolute atomic E-state index is 0.0476. The lowest BCUT2D eigenvalue weighted by Crippen LogP contribution is -2.35. The first-order valence-electron chi connectivity index (χ1n) is 5.91. The Bertz CT molecular complexity index is 642. The number of imide groups is 1. The van der Waals surface area contributed by atoms with E-state index in [4.69, 9.17) is 0 Å². The Kier molecular flexibility index (Phi) is 3.99. The lowest BCUT2D eigenvalue weighted by Gasteiger charge is -2.06. The molecule has 0 saturated heterocycles. The van der Waals surface area contributed by atoms with Gasteiger partial charge < -0.3 is 0 Å². The van der Waals surface area contributed by atoms with E-state index in [-0.39, 0.29) is 5.95 Å². The van der Waals surface area contributed by atoms with E-state index in [9.17, 15) is 9.59 Å². The van der Waals surface area contributed by atoms with E-state index in [2.05, 4.69) is 25.8 Å². The van der Waals surface area contributed by atoms with Gasteiger partial charge in [-0.1, -0.05) is 18.2 Å². The van der Waals surface area contributed by atoms with E-state index < -0.39 is 11.9 Å². The van der Waals surface area contributed by atoms with E-state index >= 15 is 0 Å². The standard InChI is InChI=1S/C13H13N5O2/c1-8-9(2)17-18-12(14-8)16-13(20)15-11(19)10-6-4-3-5-7-10/h3-7H,1-2H3,(H2,14,15,16,18,19,20). The molecule has 0 bridgehead atoms. The molecular formula is C13H13N5O2. The van der Waals surface area contributed by atoms with Crippen molar-refractivity contribution in [2.75, 3.05) is 5.32 Å². The quantitative estimate of drug-likeness (QED) is 0.861. The number of carbonyl (C=O) groups is 2. The summed E-state index contributed by atoms with van der Waals surface area (Å²) >= 11 is 0. The van der Waals surface area contributed by atoms with Crippen LogP contribution in [-0.4, -0.2) is 27.1 Å². The molecule has 0 spiro atoms. The van der Waals surface area contributed by atoms with Crippen LogP contribution in [0.4, 0.5) is 10.7 Å². The summed E-state index contributed by atoms with van der Waals surface area (Å²) in [5.74, 6) is -0.452. The number of amides is 3. The zero-order chi connectivity index (χ0) is 14.5. The predicted octanol–water partition coefficient (Wildman–Crippen LogP) is 1.45. The van der Waals surface area contributed by atoms with Crippen molar-refractivity contribution in [3.63, 3.8) is 0 Å². The number of rotatable bonds is 2. The number of anilines is 1. The Morgan fingerprint density at radius 3 is 2.35 bits per heavy atom. The van der Waals surface area contributed by atoms with Crippen molar-refractivity contribution in [3.8, 4) is 0 Å². The molecule has 2 N–H and O–H groups in total. The zero-order valence-corrected chi connectivity index (χ0v) is 11.0. The molecule has 1 aromatic heterocycles. The Morgan fingerprint density at radius 2 is 1.70 bits per heavy atom. The van der Waals surface area contributed by atoms with Crippen molar-refractivity contribution in [1.82, 2.24) is 20.5 Å². The Balaban J connectivity index is 1.99. The van der Waals surface area contributed by atoms with Crippen molar-refractivity contribution in [1.29, 1.82) is 0 Å². The Labute approximate surface area is 115 Å². The summed E-state index contributed by atoms with van der Waals surface area (Å²) in [6.45, 7) is 3.51. The monoisotopic (exact) mass is 271 g/mol. The average molecular weight is 271 g/mol. The molecule has 1 heterocycles. The van der Waals surface area contributed by atoms with Gasteiger partial charge in [0.05, 0.1) is 11.4 Å². The second-order valence-electron chi connectivity index (χ2n) is 4.08. The Morgan fingerprint density at radius 1 is 1.00 bits per heavy atom. The third-order valence-electron chi connectivity index (χ3n) is 2.58. The summed E-state index contributed by atoms with van der Waals surface area (Å²) in [6.07, 6.45) is 0. The molecule has 2 rings (SSSR count). The van der Waals surface area contributed by atoms with Gasteiger partial charge in [0.2, 0.25) is 0 Å². The van der Waals surface area contributed by atoms with E-state index in [1.54, 1.807) is 44.2 Å². The summed E-state index contributed by atoms with van der Waals surface area (Å²) in [4.78, 5) is 27.4. The smallest absolute Gasteiger partial charge is 0.275 e. The molecule has 7 nitrogen and oxygen atoms in total. The maximum Gasteiger partial charge on any atom is 0.328 e. The molecule has 2 aromatic rings. The molecule has 0 atom stereocenters. The van der Waals surface area contributed by atoms with Crippen LogP contribution in [0.1, 0.15) is 21.7 Å². The fourth-order valence-electron chi connectivity index (χ4n) is 1.41. The normalized spacial score (nSPS) is 9.90. The molecule has 0 aliphatic rings. The molecular weight excluding hydrogens is 258 g/mol. The lowest BCUT2D eigenvalue weighted by atomic mass is 10.2. The zero-order valence-electron chi connectivity index (χ0n) is 11.0. The Hall–Kier alpha value is -2.83. The maximum absolute atomic E-state index is 11.7. The van der Waals surface area contributed by atoms with Gasteiger partial charge in [0.25, 0.3) is 11.9 Å². The van der Waals surface area contributed by atoms with E-state index in [0.29, 0.717) is 17.0 Å². The van der Waals surface area contributed by atoms with Crippen molar-refractivity contribution >= 4 is 17.9 Å². The number of urea groups is 1. The molecule has 1 aromatic carbocycles. The SMILES string of the molecule is Cc1nnc(NC(=O)NC(=O)c2ccccc2)nc1C. The number of nitrogens with one attached hydrogen (secondary N) is 2. The van der Waals surface area contributed by atoms with Gasteiger partial charge >= 0.3 is 6.03 Å². The van der Waals surface area contributed by atoms with Crippen LogP contribution in [0.2, 0.25) is 0 Å². The highest BCUT2D eigenvalue weighted by molar-refractivity contribution is 6.07. The number of carbonyl (C=O) groups excluding carboxylic acids is 2. The van der Waals surface area contributed by atoms with Gasteiger partial charge in [-0.3, -0.25) is 15.4 Å². The fraction of sp³-hybridized carbons (Fsp3) is 0.154. The minimum Gasteiger partial charge on any atom is -0.275 e. The van der Waals surface area contributed by atoms with Gasteiger partial charge in [-0.15, -0.1) is 5.10 Å². The summed E-state index contributed by atoms with van der Waals surface area (Å²) in [6, 6.07) is 7.72. The molecule has 102 valence electrons. The van der Waals surface area contributed by atoms with Gasteiger partial charge in [0.1, 0.15) is 0 Å². The van der Waals surface area contributed by atoms with Crippen molar-refractivity contribution in [2.45, 2.75) is 13.8 Å². The van der Waals surface area contributed by atoms with E-state index in [1.165, 1.54) is 0 Å². The van der Waals surface area contributed by atoms with Crippen LogP contribution in [-0.2, 0) is 0 Å². The first-order chi connectivity index (χ1) is 9.56. The van der Waals surface area contributed by atoms with Crippen LogP contribution in [0.15, 0.2) is 30.3 Å². The third kappa shape index (κ3) is 3.35. The van der Waals surface area contributed by atoms with Crippen LogP contribution < -0.4 is 10.6 Å². The van der Waals surface area contributed by atoms with Gasteiger partial charge in [0, 0.05) is 5.56 Å². The summed E-state index contributed by atoms with van der Waals surface area (Å²) < 4.78 is 0. The van der Waals surface area contributed by atoms with Gasteiger partial charge in [0.15, 0.2) is 0 Å². The van der Waals surface area contributed by atoms with Crippen molar-refractivity contribution < 1.29 is 9.59 Å². The lowest BCUT2D eigenvalue weighted by molar-refractivity contribution is 0.0967. The molecule has 0 aliphatic heterocycles. The highest BCUT2D eigenvalue weighted by atomic mass is 16.2. The van der Waals surface area contributed by atoms with Crippen LogP contribution in [0.5, 0.6) is 0 Å². The van der Waals surface area contributed by atoms with Gasteiger partial charge in [-0.2, -0.15) is 5.10 Å². The van der Waals surface area contributed by atoms with Crippen LogP contribution in [0, 0.1) is 13.8 Å². The van der Waals surface area contributed by atoms with Crippen molar-refractivity contribution in [3.05, 3.63) is 47.3 Å². The number of benzene rings is 1. The topological polar surface area (TPSA) is 96.9 Å². The minimum atomic E-state index is -0.705. The third-order valence-corrected chi connectivity index (χ3v) is 2.58. The maximum atomic E-state index is 11.7. The number of aromatic nitrogens is 3. The number of hydrogen-bond acceptors (Lipinski definition) is 5. The van der Waals surface area contributed by atoms with E-state index in [1.807, 2.05) is 0 Å². The molecule has 0 radical (unpaired) electrons. The summed E-state index contributed by atoms with van der Waals surface area (Å²) in [5, 5.41) is 12.1. The number of hydrogen-bond donors (Lipinski definition) is 2. The molecule has 7 heteroatoms. The van der Waals surface area contributed by atoms with E-state index in [0.717, 1.165) is 0 Å². The summed E-state index contributed by atoms with van der Waals surface area (Å²) in [5.41, 5.74) is 1.72. The average Bonchev–Trinajstić information content (AvgIpc) is 2.44. The van der Waals surface area contributed by atoms with Crippen LogP contribution in [0.25, 0.3) is 0 Å². The van der Waals surface area contributed by atoms with Gasteiger partial charge in [-0.05, 0) is 26.0 Å². The molecule has 0 aliphatic carbocycles. The largest absolute Gasteiger partial charge is 0.328 e. The first-order valence-corrected chi connectivity index (χ1v) is 5.91. The highest BCUT2D eigenvalue weighted by Crippen LogP contribution is 2.02. The van der Waals surface area contributed by atoms with Crippen LogP contribution >= 0.6 is 0 Å². The second kappa shape index (κ2) is 5.87. The molecule has 0 fully saturated rings. The fourth-order valence-corrected chi connectivity index (χ4v) is 1.41. The predicted molar refractivity (Wildman–Crippen MR) is 72.2 cm³/mol. The van der Waals surface area contributed by atoms with Crippen molar-refractivity contribution in [2.24, 2.45) is 0 Å². The molecule has 3 amide bonds. The molecule has 20 heavy (non-hydrogen) atoms. The van der Waals surface area contributed by atoms with Gasteiger partial charge in [-0.25, -0.2) is 9.78 Å². The molecule has 0 saturated carbocycles. The number of nitrogens with zero attached hydrogens (tertiary/aromatic N) is 3. The summed E-state index contributed by atoms with van der Waals surface area (Å²) in [7, 11) is 0. The van der Waals surface area contributed by atoms with Crippen LogP contribution in [0.3, 0.4) is 0 Å². The first kappa shape index (κ1) is 13.6. The highest BCUT2D eigenvalue weighted by Gasteiger charge is 2.11. The molecule has 0 unspecified atom stereocenters. The second-order valence-corrected chi connectivity index (χ2v) is 4.08.